The van der Waals surface area contributed by atoms with Gasteiger partial charge in [-0.1, -0.05) is 0 Å². The van der Waals surface area contributed by atoms with E-state index in [2.05, 4.69) is 4.98 Å². The lowest BCUT2D eigenvalue weighted by molar-refractivity contribution is 0.415. The van der Waals surface area contributed by atoms with Crippen molar-refractivity contribution in [1.29, 1.82) is 0 Å². The number of methoxy groups -OCH3 is 1. The Morgan fingerprint density at radius 1 is 1.30 bits per heavy atom. The number of halogens is 1. The maximum Gasteiger partial charge on any atom is 0.329 e. The molecule has 0 amide bonds. The molecule has 3 aromatic rings. The molecule has 1 aromatic carbocycles. The van der Waals surface area contributed by atoms with Gasteiger partial charge in [0.05, 0.1) is 18.1 Å². The van der Waals surface area contributed by atoms with Gasteiger partial charge in [-0.2, -0.15) is 0 Å². The monoisotopic (exact) mass is 429 g/mol. The molecular weight excluding hydrogens is 405 g/mol. The normalized spacial score (nSPS) is 19.7. The number of ether oxygens (including phenoxy) is 1. The highest BCUT2D eigenvalue weighted by atomic mass is 32.1. The number of aromatic nitrogens is 2. The third-order valence-corrected chi connectivity index (χ3v) is 7.52. The van der Waals surface area contributed by atoms with Crippen molar-refractivity contribution in [3.05, 3.63) is 49.2 Å². The van der Waals surface area contributed by atoms with Crippen molar-refractivity contribution in [3.63, 3.8) is 0 Å². The van der Waals surface area contributed by atoms with Crippen LogP contribution < -0.4 is 21.7 Å². The highest BCUT2D eigenvalue weighted by molar-refractivity contribution is 7.15. The summed E-state index contributed by atoms with van der Waals surface area (Å²) in [5.74, 6) is -0.0291. The number of thiophene rings is 1. The average molecular weight is 430 g/mol. The van der Waals surface area contributed by atoms with E-state index in [-0.39, 0.29) is 29.1 Å². The fraction of sp³-hybridized carbons (Fsp3) is 0.455. The van der Waals surface area contributed by atoms with Gasteiger partial charge in [-0.25, -0.2) is 9.18 Å². The van der Waals surface area contributed by atoms with Crippen LogP contribution in [-0.4, -0.2) is 22.7 Å². The zero-order chi connectivity index (χ0) is 21.2. The van der Waals surface area contributed by atoms with E-state index in [1.165, 1.54) is 23.6 Å². The van der Waals surface area contributed by atoms with Gasteiger partial charge < -0.3 is 10.5 Å². The van der Waals surface area contributed by atoms with E-state index in [0.717, 1.165) is 37.0 Å². The van der Waals surface area contributed by atoms with E-state index in [1.807, 2.05) is 13.0 Å². The number of benzene rings is 1. The molecule has 8 heteroatoms. The molecule has 0 aliphatic heterocycles. The Bertz CT molecular complexity index is 1270. The molecule has 2 aliphatic rings. The van der Waals surface area contributed by atoms with Crippen molar-refractivity contribution in [1.82, 2.24) is 9.55 Å². The van der Waals surface area contributed by atoms with Crippen LogP contribution in [0.15, 0.2) is 21.7 Å². The summed E-state index contributed by atoms with van der Waals surface area (Å²) in [6.45, 7) is 2.01. The molecule has 158 valence electrons. The zero-order valence-corrected chi connectivity index (χ0v) is 17.8. The second kappa shape index (κ2) is 7.06. The lowest BCUT2D eigenvalue weighted by Gasteiger charge is -2.25. The Kier molecular flexibility index (Phi) is 4.59. The summed E-state index contributed by atoms with van der Waals surface area (Å²) in [6, 6.07) is 3.27. The molecule has 2 aromatic heterocycles. The summed E-state index contributed by atoms with van der Waals surface area (Å²) in [7, 11) is 1.46. The van der Waals surface area contributed by atoms with E-state index in [4.69, 9.17) is 10.5 Å². The minimum atomic E-state index is -0.599. The third kappa shape index (κ3) is 2.93. The number of fused-ring (bicyclic) bond motifs is 2. The zero-order valence-electron chi connectivity index (χ0n) is 17.0. The lowest BCUT2D eigenvalue weighted by Crippen LogP contribution is -2.30. The second-order valence-electron chi connectivity index (χ2n) is 8.37. The molecule has 6 nitrogen and oxygen atoms in total. The summed E-state index contributed by atoms with van der Waals surface area (Å²) >= 11 is 1.55. The smallest absolute Gasteiger partial charge is 0.329 e. The van der Waals surface area contributed by atoms with Crippen LogP contribution in [0, 0.1) is 5.82 Å². The maximum absolute atomic E-state index is 15.4. The lowest BCUT2D eigenvalue weighted by atomic mass is 9.83. The van der Waals surface area contributed by atoms with Crippen LogP contribution in [0.5, 0.6) is 5.75 Å². The molecular formula is C22H24FN3O3S. The van der Waals surface area contributed by atoms with Crippen LogP contribution in [0.1, 0.15) is 55.0 Å². The first-order chi connectivity index (χ1) is 14.4. The molecule has 2 aliphatic carbocycles. The summed E-state index contributed by atoms with van der Waals surface area (Å²) < 4.78 is 22.6. The highest BCUT2D eigenvalue weighted by Crippen LogP contribution is 2.47. The number of hydrogen-bond donors (Lipinski definition) is 2. The minimum absolute atomic E-state index is 0.00285. The molecule has 0 spiro atoms. The SMILES string of the molecule is COc1c(-c2cc3c(s2)CCCC3C(C)N)c(F)cc2c(=O)[nH]c(=O)n(C3CC3)c12. The molecule has 5 rings (SSSR count). The van der Waals surface area contributed by atoms with Gasteiger partial charge in [-0.05, 0) is 62.6 Å². The molecule has 2 unspecified atom stereocenters. The Morgan fingerprint density at radius 3 is 2.73 bits per heavy atom. The fourth-order valence-electron chi connectivity index (χ4n) is 4.72. The molecule has 1 fully saturated rings. The van der Waals surface area contributed by atoms with E-state index in [9.17, 15) is 9.59 Å². The van der Waals surface area contributed by atoms with E-state index in [1.54, 1.807) is 15.9 Å². The van der Waals surface area contributed by atoms with Gasteiger partial charge in [-0.15, -0.1) is 11.3 Å². The Labute approximate surface area is 176 Å². The highest BCUT2D eigenvalue weighted by Gasteiger charge is 2.32. The number of nitrogens with one attached hydrogen (secondary N) is 1. The number of rotatable bonds is 4. The Hall–Kier alpha value is -2.45. The number of nitrogens with two attached hydrogens (primary N) is 1. The van der Waals surface area contributed by atoms with Crippen LogP contribution in [0.25, 0.3) is 21.3 Å². The van der Waals surface area contributed by atoms with Crippen molar-refractivity contribution in [2.75, 3.05) is 7.11 Å². The third-order valence-electron chi connectivity index (χ3n) is 6.29. The molecule has 3 N–H and O–H groups in total. The van der Waals surface area contributed by atoms with Crippen molar-refractivity contribution in [2.45, 2.75) is 57.0 Å². The van der Waals surface area contributed by atoms with Crippen molar-refractivity contribution >= 4 is 22.2 Å². The Balaban J connectivity index is 1.81. The second-order valence-corrected chi connectivity index (χ2v) is 9.51. The molecule has 0 saturated heterocycles. The number of H-pyrrole nitrogens is 1. The minimum Gasteiger partial charge on any atom is -0.494 e. The molecule has 0 radical (unpaired) electrons. The van der Waals surface area contributed by atoms with Gasteiger partial charge in [0, 0.05) is 21.8 Å². The van der Waals surface area contributed by atoms with Gasteiger partial charge in [0.15, 0.2) is 5.75 Å². The van der Waals surface area contributed by atoms with Crippen molar-refractivity contribution < 1.29 is 9.13 Å². The largest absolute Gasteiger partial charge is 0.494 e. The molecule has 2 heterocycles. The fourth-order valence-corrected chi connectivity index (χ4v) is 6.04. The van der Waals surface area contributed by atoms with Gasteiger partial charge in [0.1, 0.15) is 11.3 Å². The predicted molar refractivity (Wildman–Crippen MR) is 116 cm³/mol. The topological polar surface area (TPSA) is 90.1 Å². The molecule has 30 heavy (non-hydrogen) atoms. The number of hydrogen-bond acceptors (Lipinski definition) is 5. The first-order valence-electron chi connectivity index (χ1n) is 10.3. The van der Waals surface area contributed by atoms with Crippen LogP contribution in [-0.2, 0) is 6.42 Å². The summed E-state index contributed by atoms with van der Waals surface area (Å²) in [6.07, 6.45) is 4.73. The van der Waals surface area contributed by atoms with Gasteiger partial charge >= 0.3 is 5.69 Å². The summed E-state index contributed by atoms with van der Waals surface area (Å²) in [5, 5.41) is 0.134. The number of aryl methyl sites for hydroxylation is 1. The standard InChI is InChI=1S/C22H24FN3O3S/c1-10(24)12-4-3-5-16-13(12)9-17(30-16)18-15(23)8-14-19(20(18)29-2)26(11-6-7-11)22(28)25-21(14)27/h8-12H,3-7,24H2,1-2H3,(H,25,27,28). The first-order valence-corrected chi connectivity index (χ1v) is 11.2. The van der Waals surface area contributed by atoms with Crippen LogP contribution in [0.4, 0.5) is 4.39 Å². The van der Waals surface area contributed by atoms with Crippen LogP contribution >= 0.6 is 11.3 Å². The number of nitrogens with zero attached hydrogens (tertiary/aromatic N) is 1. The summed E-state index contributed by atoms with van der Waals surface area (Å²) in [5.41, 5.74) is 7.01. The number of aromatic amines is 1. The molecule has 0 bridgehead atoms. The van der Waals surface area contributed by atoms with Gasteiger partial charge in [-0.3, -0.25) is 14.3 Å². The van der Waals surface area contributed by atoms with E-state index >= 15 is 4.39 Å². The van der Waals surface area contributed by atoms with Crippen molar-refractivity contribution in [3.8, 4) is 16.2 Å². The van der Waals surface area contributed by atoms with Crippen LogP contribution in [0.2, 0.25) is 0 Å². The quantitative estimate of drug-likeness (QED) is 0.662. The maximum atomic E-state index is 15.4. The van der Waals surface area contributed by atoms with Gasteiger partial charge in [0.2, 0.25) is 0 Å². The first kappa shape index (κ1) is 19.5. The van der Waals surface area contributed by atoms with E-state index in [0.29, 0.717) is 11.1 Å². The average Bonchev–Trinajstić information content (AvgIpc) is 3.44. The molecule has 2 atom stereocenters. The molecule has 1 saturated carbocycles. The summed E-state index contributed by atoms with van der Waals surface area (Å²) in [4.78, 5) is 29.3. The van der Waals surface area contributed by atoms with E-state index < -0.39 is 17.1 Å². The predicted octanol–water partition coefficient (Wildman–Crippen LogP) is 3.67. The van der Waals surface area contributed by atoms with Gasteiger partial charge in [0.25, 0.3) is 5.56 Å². The van der Waals surface area contributed by atoms with Crippen LogP contribution in [0.3, 0.4) is 0 Å². The Morgan fingerprint density at radius 2 is 2.07 bits per heavy atom. The van der Waals surface area contributed by atoms with Crippen molar-refractivity contribution in [2.24, 2.45) is 5.73 Å².